The molecule has 0 aromatic rings. The molecule has 1 aliphatic rings. The van der Waals surface area contributed by atoms with Crippen LogP contribution in [0.1, 0.15) is 64.7 Å². The molecule has 2 amide bonds. The fourth-order valence-corrected chi connectivity index (χ4v) is 3.02. The number of carbonyl (C=O) groups excluding carboxylic acids is 1. The average Bonchev–Trinajstić information content (AvgIpc) is 2.95. The number of carbonyl (C=O) groups is 2. The maximum atomic E-state index is 11.6. The molecule has 0 aliphatic heterocycles. The van der Waals surface area contributed by atoms with Gasteiger partial charge in [0.25, 0.3) is 0 Å². The van der Waals surface area contributed by atoms with Gasteiger partial charge in [-0.15, -0.1) is 0 Å². The molecule has 0 heterocycles. The SMILES string of the molecule is CCC(CCNC(=O)NCCC1CCCC1)CCC(=O)O. The van der Waals surface area contributed by atoms with Crippen LogP contribution in [0.3, 0.4) is 0 Å². The van der Waals surface area contributed by atoms with E-state index in [0.717, 1.165) is 31.7 Å². The van der Waals surface area contributed by atoms with Gasteiger partial charge in [-0.05, 0) is 31.1 Å². The molecular formula is C16H30N2O3. The molecule has 0 spiro atoms. The van der Waals surface area contributed by atoms with Crippen LogP contribution in [-0.2, 0) is 4.79 Å². The quantitative estimate of drug-likeness (QED) is 0.579. The van der Waals surface area contributed by atoms with Crippen molar-refractivity contribution >= 4 is 12.0 Å². The summed E-state index contributed by atoms with van der Waals surface area (Å²) in [6.45, 7) is 3.44. The van der Waals surface area contributed by atoms with Crippen LogP contribution in [0.15, 0.2) is 0 Å². The van der Waals surface area contributed by atoms with E-state index in [0.29, 0.717) is 18.9 Å². The van der Waals surface area contributed by atoms with Gasteiger partial charge in [-0.2, -0.15) is 0 Å². The van der Waals surface area contributed by atoms with Crippen LogP contribution >= 0.6 is 0 Å². The molecule has 1 atom stereocenters. The zero-order chi connectivity index (χ0) is 15.5. The molecule has 1 aliphatic carbocycles. The molecule has 5 heteroatoms. The molecule has 21 heavy (non-hydrogen) atoms. The Kier molecular flexibility index (Phi) is 8.87. The lowest BCUT2D eigenvalue weighted by Gasteiger charge is -2.15. The Morgan fingerprint density at radius 1 is 1.14 bits per heavy atom. The van der Waals surface area contributed by atoms with Gasteiger partial charge in [0, 0.05) is 19.5 Å². The molecular weight excluding hydrogens is 268 g/mol. The van der Waals surface area contributed by atoms with Crippen molar-refractivity contribution in [2.45, 2.75) is 64.7 Å². The van der Waals surface area contributed by atoms with Crippen molar-refractivity contribution in [1.29, 1.82) is 0 Å². The number of carboxylic acid groups (broad SMARTS) is 1. The van der Waals surface area contributed by atoms with Gasteiger partial charge in [0.15, 0.2) is 0 Å². The van der Waals surface area contributed by atoms with Crippen molar-refractivity contribution < 1.29 is 14.7 Å². The molecule has 0 radical (unpaired) electrons. The Morgan fingerprint density at radius 3 is 2.43 bits per heavy atom. The lowest BCUT2D eigenvalue weighted by atomic mass is 9.97. The fourth-order valence-electron chi connectivity index (χ4n) is 3.02. The van der Waals surface area contributed by atoms with Crippen molar-refractivity contribution in [2.24, 2.45) is 11.8 Å². The van der Waals surface area contributed by atoms with E-state index in [2.05, 4.69) is 17.6 Å². The number of urea groups is 1. The number of aliphatic carboxylic acids is 1. The predicted molar refractivity (Wildman–Crippen MR) is 83.2 cm³/mol. The smallest absolute Gasteiger partial charge is 0.314 e. The van der Waals surface area contributed by atoms with Gasteiger partial charge in [-0.25, -0.2) is 4.79 Å². The summed E-state index contributed by atoms with van der Waals surface area (Å²) < 4.78 is 0. The van der Waals surface area contributed by atoms with E-state index >= 15 is 0 Å². The summed E-state index contributed by atoms with van der Waals surface area (Å²) in [5.41, 5.74) is 0. The Balaban J connectivity index is 2.01. The van der Waals surface area contributed by atoms with Gasteiger partial charge < -0.3 is 15.7 Å². The normalized spacial score (nSPS) is 16.6. The van der Waals surface area contributed by atoms with Gasteiger partial charge in [0.1, 0.15) is 0 Å². The fraction of sp³-hybridized carbons (Fsp3) is 0.875. The molecule has 122 valence electrons. The topological polar surface area (TPSA) is 78.4 Å². The van der Waals surface area contributed by atoms with Gasteiger partial charge in [-0.3, -0.25) is 4.79 Å². The third-order valence-corrected chi connectivity index (χ3v) is 4.49. The number of hydrogen-bond acceptors (Lipinski definition) is 2. The van der Waals surface area contributed by atoms with E-state index in [4.69, 9.17) is 5.11 Å². The molecule has 0 bridgehead atoms. The van der Waals surface area contributed by atoms with Gasteiger partial charge in [0.05, 0.1) is 0 Å². The second-order valence-corrected chi connectivity index (χ2v) is 6.12. The maximum absolute atomic E-state index is 11.6. The third kappa shape index (κ3) is 8.58. The highest BCUT2D eigenvalue weighted by atomic mass is 16.4. The Bertz CT molecular complexity index is 315. The van der Waals surface area contributed by atoms with Gasteiger partial charge >= 0.3 is 12.0 Å². The van der Waals surface area contributed by atoms with E-state index in [1.54, 1.807) is 0 Å². The molecule has 3 N–H and O–H groups in total. The van der Waals surface area contributed by atoms with E-state index in [1.807, 2.05) is 0 Å². The Morgan fingerprint density at radius 2 is 1.81 bits per heavy atom. The summed E-state index contributed by atoms with van der Waals surface area (Å²) in [6, 6.07) is -0.0962. The summed E-state index contributed by atoms with van der Waals surface area (Å²) in [5, 5.41) is 14.4. The summed E-state index contributed by atoms with van der Waals surface area (Å²) in [5.74, 6) is 0.428. The van der Waals surface area contributed by atoms with E-state index in [-0.39, 0.29) is 12.5 Å². The number of rotatable bonds is 10. The summed E-state index contributed by atoms with van der Waals surface area (Å²) in [7, 11) is 0. The van der Waals surface area contributed by atoms with Crippen molar-refractivity contribution in [3.63, 3.8) is 0 Å². The minimum absolute atomic E-state index is 0.0962. The monoisotopic (exact) mass is 298 g/mol. The molecule has 0 aromatic carbocycles. The highest BCUT2D eigenvalue weighted by Crippen LogP contribution is 2.26. The second-order valence-electron chi connectivity index (χ2n) is 6.12. The van der Waals surface area contributed by atoms with Crippen LogP contribution < -0.4 is 10.6 Å². The Labute approximate surface area is 127 Å². The van der Waals surface area contributed by atoms with Crippen molar-refractivity contribution in [3.8, 4) is 0 Å². The van der Waals surface area contributed by atoms with Crippen LogP contribution in [0.4, 0.5) is 4.79 Å². The highest BCUT2D eigenvalue weighted by Gasteiger charge is 2.14. The summed E-state index contributed by atoms with van der Waals surface area (Å²) in [6.07, 6.45) is 9.10. The number of carboxylic acids is 1. The minimum Gasteiger partial charge on any atom is -0.481 e. The first-order chi connectivity index (χ1) is 10.1. The van der Waals surface area contributed by atoms with E-state index in [9.17, 15) is 9.59 Å². The van der Waals surface area contributed by atoms with Crippen molar-refractivity contribution in [3.05, 3.63) is 0 Å². The number of amides is 2. The zero-order valence-electron chi connectivity index (χ0n) is 13.2. The molecule has 0 aromatic heterocycles. The van der Waals surface area contributed by atoms with Crippen molar-refractivity contribution in [1.82, 2.24) is 10.6 Å². The molecule has 1 unspecified atom stereocenters. The van der Waals surface area contributed by atoms with Crippen LogP contribution in [0, 0.1) is 11.8 Å². The largest absolute Gasteiger partial charge is 0.481 e. The molecule has 1 fully saturated rings. The zero-order valence-corrected chi connectivity index (χ0v) is 13.2. The lowest BCUT2D eigenvalue weighted by molar-refractivity contribution is -0.137. The highest BCUT2D eigenvalue weighted by molar-refractivity contribution is 5.73. The first-order valence-electron chi connectivity index (χ1n) is 8.35. The lowest BCUT2D eigenvalue weighted by Crippen LogP contribution is -2.37. The van der Waals surface area contributed by atoms with Crippen LogP contribution in [0.5, 0.6) is 0 Å². The molecule has 1 rings (SSSR count). The van der Waals surface area contributed by atoms with Crippen LogP contribution in [-0.4, -0.2) is 30.2 Å². The maximum Gasteiger partial charge on any atom is 0.314 e. The summed E-state index contributed by atoms with van der Waals surface area (Å²) >= 11 is 0. The van der Waals surface area contributed by atoms with E-state index < -0.39 is 5.97 Å². The van der Waals surface area contributed by atoms with Gasteiger partial charge in [0.2, 0.25) is 0 Å². The van der Waals surface area contributed by atoms with Crippen LogP contribution in [0.25, 0.3) is 0 Å². The molecule has 0 saturated heterocycles. The molecule has 1 saturated carbocycles. The second kappa shape index (κ2) is 10.5. The number of nitrogens with one attached hydrogen (secondary N) is 2. The number of hydrogen-bond donors (Lipinski definition) is 3. The summed E-state index contributed by atoms with van der Waals surface area (Å²) in [4.78, 5) is 22.2. The average molecular weight is 298 g/mol. The molecule has 5 nitrogen and oxygen atoms in total. The predicted octanol–water partition coefficient (Wildman–Crippen LogP) is 3.15. The first kappa shape index (κ1) is 17.8. The van der Waals surface area contributed by atoms with E-state index in [1.165, 1.54) is 25.7 Å². The third-order valence-electron chi connectivity index (χ3n) is 4.49. The van der Waals surface area contributed by atoms with Crippen molar-refractivity contribution in [2.75, 3.05) is 13.1 Å². The minimum atomic E-state index is -0.744. The standard InChI is InChI=1S/C16H30N2O3/c1-2-13(7-8-15(19)20)9-11-17-16(21)18-12-10-14-5-3-4-6-14/h13-14H,2-12H2,1H3,(H,19,20)(H2,17,18,21). The van der Waals surface area contributed by atoms with Gasteiger partial charge in [-0.1, -0.05) is 39.0 Å². The first-order valence-corrected chi connectivity index (χ1v) is 8.35. The van der Waals surface area contributed by atoms with Crippen LogP contribution in [0.2, 0.25) is 0 Å². The Hall–Kier alpha value is -1.26.